The van der Waals surface area contributed by atoms with Crippen molar-refractivity contribution in [3.8, 4) is 5.88 Å². The number of nitrogens with two attached hydrogens (primary N) is 1. The van der Waals surface area contributed by atoms with Gasteiger partial charge in [-0.1, -0.05) is 12.2 Å². The van der Waals surface area contributed by atoms with E-state index in [2.05, 4.69) is 49.7 Å². The number of ether oxygens (including phenoxy) is 2. The summed E-state index contributed by atoms with van der Waals surface area (Å²) in [5.41, 5.74) is 9.66. The lowest BCUT2D eigenvalue weighted by Crippen LogP contribution is -2.29. The van der Waals surface area contributed by atoms with Crippen molar-refractivity contribution >= 4 is 11.5 Å². The Morgan fingerprint density at radius 1 is 1.32 bits per heavy atom. The van der Waals surface area contributed by atoms with Gasteiger partial charge < -0.3 is 30.7 Å². The minimum Gasteiger partial charge on any atom is -0.472 e. The molecule has 2 aromatic heterocycles. The first kappa shape index (κ1) is 20.7. The van der Waals surface area contributed by atoms with E-state index in [9.17, 15) is 0 Å². The zero-order valence-electron chi connectivity index (χ0n) is 17.7. The Morgan fingerprint density at radius 3 is 3.00 bits per heavy atom. The fraction of sp³-hybridized carbons (Fsp3) is 0.318. The van der Waals surface area contributed by atoms with E-state index >= 15 is 0 Å². The van der Waals surface area contributed by atoms with Crippen molar-refractivity contribution in [2.45, 2.75) is 19.3 Å². The number of allylic oxidation sites excluding steroid dienone is 2. The molecule has 0 bridgehead atoms. The number of nitrogen functional groups attached to an aromatic ring is 1. The summed E-state index contributed by atoms with van der Waals surface area (Å²) in [6.45, 7) is 3.86. The number of pyridine rings is 1. The molecule has 0 spiro atoms. The number of hydrogen-bond acceptors (Lipinski definition) is 9. The maximum absolute atomic E-state index is 5.91. The largest absolute Gasteiger partial charge is 0.472 e. The van der Waals surface area contributed by atoms with Crippen LogP contribution in [0, 0.1) is 0 Å². The third-order valence-corrected chi connectivity index (χ3v) is 5.00. The van der Waals surface area contributed by atoms with Gasteiger partial charge in [-0.05, 0) is 31.2 Å². The zero-order valence-corrected chi connectivity index (χ0v) is 17.7. The molecule has 4 N–H and O–H groups in total. The second-order valence-corrected chi connectivity index (χ2v) is 7.25. The van der Waals surface area contributed by atoms with Crippen LogP contribution in [0.2, 0.25) is 0 Å². The molecule has 1 saturated heterocycles. The molecule has 2 aliphatic heterocycles. The molecular weight excluding hydrogens is 394 g/mol. The highest BCUT2D eigenvalue weighted by molar-refractivity contribution is 5.61. The van der Waals surface area contributed by atoms with Crippen LogP contribution in [0.1, 0.15) is 18.7 Å². The summed E-state index contributed by atoms with van der Waals surface area (Å²) >= 11 is 0. The monoisotopic (exact) mass is 421 g/mol. The maximum atomic E-state index is 5.91. The smallest absolute Gasteiger partial charge is 0.232 e. The Bertz CT molecular complexity index is 988. The summed E-state index contributed by atoms with van der Waals surface area (Å²) in [4.78, 5) is 15.0. The Hall–Kier alpha value is -3.59. The van der Waals surface area contributed by atoms with E-state index in [4.69, 9.17) is 15.2 Å². The number of rotatable bonds is 9. The first-order valence-corrected chi connectivity index (χ1v) is 10.2. The number of epoxide rings is 1. The van der Waals surface area contributed by atoms with Crippen LogP contribution in [0.5, 0.6) is 5.88 Å². The van der Waals surface area contributed by atoms with Gasteiger partial charge in [0.2, 0.25) is 5.88 Å². The molecule has 4 heterocycles. The summed E-state index contributed by atoms with van der Waals surface area (Å²) in [5, 5.41) is 6.76. The number of anilines is 2. The molecule has 2 atom stereocenters. The molecule has 2 aliphatic rings. The normalized spacial score (nSPS) is 20.3. The van der Waals surface area contributed by atoms with Crippen molar-refractivity contribution < 1.29 is 9.47 Å². The maximum Gasteiger partial charge on any atom is 0.232 e. The molecule has 0 aromatic carbocycles. The van der Waals surface area contributed by atoms with Crippen LogP contribution in [0.3, 0.4) is 0 Å². The molecule has 2 aromatic rings. The molecule has 1 fully saturated rings. The van der Waals surface area contributed by atoms with Crippen LogP contribution < -0.4 is 21.1 Å². The highest BCUT2D eigenvalue weighted by atomic mass is 16.6. The van der Waals surface area contributed by atoms with Crippen LogP contribution in [0.25, 0.3) is 0 Å². The Morgan fingerprint density at radius 2 is 2.23 bits per heavy atom. The summed E-state index contributed by atoms with van der Waals surface area (Å²) in [7, 11) is 2.05. The number of nitrogens with one attached hydrogen (secondary N) is 2. The van der Waals surface area contributed by atoms with Crippen molar-refractivity contribution in [3.05, 3.63) is 72.1 Å². The quantitative estimate of drug-likeness (QED) is 0.414. The van der Waals surface area contributed by atoms with Gasteiger partial charge in [-0.2, -0.15) is 0 Å². The first-order chi connectivity index (χ1) is 15.1. The van der Waals surface area contributed by atoms with Crippen molar-refractivity contribution in [1.29, 1.82) is 0 Å². The summed E-state index contributed by atoms with van der Waals surface area (Å²) < 4.78 is 11.2. The van der Waals surface area contributed by atoms with Gasteiger partial charge in [0.15, 0.2) is 6.23 Å². The van der Waals surface area contributed by atoms with Gasteiger partial charge in [0.25, 0.3) is 0 Å². The molecule has 0 aliphatic carbocycles. The van der Waals surface area contributed by atoms with E-state index < -0.39 is 0 Å². The number of hydrogen-bond donors (Lipinski definition) is 3. The van der Waals surface area contributed by atoms with E-state index in [1.165, 1.54) is 0 Å². The highest BCUT2D eigenvalue weighted by Crippen LogP contribution is 2.36. The van der Waals surface area contributed by atoms with Gasteiger partial charge in [-0.15, -0.1) is 0 Å². The lowest BCUT2D eigenvalue weighted by molar-refractivity contribution is 0.342. The molecule has 9 heteroatoms. The molecular formula is C22H27N7O2. The molecule has 2 unspecified atom stereocenters. The SMILES string of the molecule is C/C=C/COc1cnc(C2OC2NC2=CCN(C)C(CNc3cccnc3N)=C2)cn1. The van der Waals surface area contributed by atoms with E-state index in [-0.39, 0.29) is 12.3 Å². The fourth-order valence-electron chi connectivity index (χ4n) is 3.13. The predicted octanol–water partition coefficient (Wildman–Crippen LogP) is 2.22. The summed E-state index contributed by atoms with van der Waals surface area (Å²) in [5.74, 6) is 0.989. The van der Waals surface area contributed by atoms with Crippen LogP contribution in [-0.4, -0.2) is 52.8 Å². The lowest BCUT2D eigenvalue weighted by Gasteiger charge is -2.26. The van der Waals surface area contributed by atoms with Crippen LogP contribution in [0.15, 0.2) is 66.4 Å². The number of aromatic nitrogens is 3. The van der Waals surface area contributed by atoms with Gasteiger partial charge in [0.05, 0.1) is 30.3 Å². The molecule has 0 saturated carbocycles. The standard InChI is InChI=1S/C22H27N7O2/c1-3-4-10-30-19-14-26-18(13-27-19)20-22(31-20)28-15-7-9-29(2)16(11-15)12-25-17-6-5-8-24-21(17)23/h3-8,11,13-14,20,22,25,28H,9-10,12H2,1-2H3,(H2,23,24)/b4-3+. The second-order valence-electron chi connectivity index (χ2n) is 7.25. The Balaban J connectivity index is 1.31. The summed E-state index contributed by atoms with van der Waals surface area (Å²) in [6, 6.07) is 3.78. The van der Waals surface area contributed by atoms with Gasteiger partial charge >= 0.3 is 0 Å². The van der Waals surface area contributed by atoms with E-state index in [0.717, 1.165) is 29.3 Å². The number of likely N-dealkylation sites (N-methyl/N-ethyl adjacent to an activating group) is 1. The number of nitrogens with zero attached hydrogens (tertiary/aromatic N) is 4. The van der Waals surface area contributed by atoms with Crippen molar-refractivity contribution in [2.75, 3.05) is 37.8 Å². The second kappa shape index (κ2) is 9.48. The van der Waals surface area contributed by atoms with Crippen molar-refractivity contribution in [1.82, 2.24) is 25.2 Å². The van der Waals surface area contributed by atoms with Crippen molar-refractivity contribution in [3.63, 3.8) is 0 Å². The highest BCUT2D eigenvalue weighted by Gasteiger charge is 2.42. The van der Waals surface area contributed by atoms with Gasteiger partial charge in [-0.3, -0.25) is 4.98 Å². The molecule has 0 radical (unpaired) electrons. The summed E-state index contributed by atoms with van der Waals surface area (Å²) in [6.07, 6.45) is 12.8. The average Bonchev–Trinajstić information content (AvgIpc) is 3.55. The van der Waals surface area contributed by atoms with Gasteiger partial charge in [0, 0.05) is 31.2 Å². The van der Waals surface area contributed by atoms with E-state index in [1.54, 1.807) is 18.6 Å². The average molecular weight is 422 g/mol. The van der Waals surface area contributed by atoms with Gasteiger partial charge in [-0.25, -0.2) is 9.97 Å². The van der Waals surface area contributed by atoms with Crippen LogP contribution >= 0.6 is 0 Å². The molecule has 9 nitrogen and oxygen atoms in total. The minimum atomic E-state index is -0.127. The molecule has 4 rings (SSSR count). The predicted molar refractivity (Wildman–Crippen MR) is 119 cm³/mol. The van der Waals surface area contributed by atoms with Crippen molar-refractivity contribution in [2.24, 2.45) is 0 Å². The van der Waals surface area contributed by atoms with Gasteiger partial charge in [0.1, 0.15) is 18.5 Å². The molecule has 162 valence electrons. The van der Waals surface area contributed by atoms with E-state index in [1.807, 2.05) is 31.2 Å². The third-order valence-electron chi connectivity index (χ3n) is 5.00. The molecule has 31 heavy (non-hydrogen) atoms. The minimum absolute atomic E-state index is 0.122. The first-order valence-electron chi connectivity index (χ1n) is 10.2. The van der Waals surface area contributed by atoms with E-state index in [0.29, 0.717) is 24.8 Å². The Labute approximate surface area is 181 Å². The van der Waals surface area contributed by atoms with Crippen LogP contribution in [-0.2, 0) is 4.74 Å². The molecule has 0 amide bonds. The Kier molecular flexibility index (Phi) is 6.32. The zero-order chi connectivity index (χ0) is 21.6. The van der Waals surface area contributed by atoms with Crippen LogP contribution in [0.4, 0.5) is 11.5 Å². The topological polar surface area (TPSA) is 114 Å². The third kappa shape index (κ3) is 5.32. The lowest BCUT2D eigenvalue weighted by atomic mass is 10.2. The fourth-order valence-corrected chi connectivity index (χ4v) is 3.13.